The van der Waals surface area contributed by atoms with Crippen LogP contribution in [0.4, 0.5) is 15.5 Å². The van der Waals surface area contributed by atoms with Crippen molar-refractivity contribution in [3.05, 3.63) is 80.5 Å². The van der Waals surface area contributed by atoms with Crippen LogP contribution in [0, 0.1) is 6.92 Å². The molecule has 168 valence electrons. The van der Waals surface area contributed by atoms with E-state index in [-0.39, 0.29) is 22.7 Å². The Balaban J connectivity index is 1.78. The molecule has 2 aromatic carbocycles. The van der Waals surface area contributed by atoms with Gasteiger partial charge in [0.1, 0.15) is 5.00 Å². The summed E-state index contributed by atoms with van der Waals surface area (Å²) in [5.74, 6) is -0.654. The molecule has 2 aromatic heterocycles. The molecule has 0 spiro atoms. The van der Waals surface area contributed by atoms with Gasteiger partial charge in [-0.3, -0.25) is 10.1 Å². The standard InChI is InChI=1S/C23H19ClN4O4S/c1-3-32-22(30)19-17-12-33-20(26-23(31)25-15-8-6-14(24)7-9-15)18(17)21(29)28(27-19)16-10-4-13(2)5-11-16/h4-12H,3H2,1-2H3,(H2,25,26,31). The maximum Gasteiger partial charge on any atom is 0.359 e. The number of anilines is 2. The summed E-state index contributed by atoms with van der Waals surface area (Å²) >= 11 is 7.00. The first-order valence-electron chi connectivity index (χ1n) is 9.99. The van der Waals surface area contributed by atoms with Gasteiger partial charge in [-0.15, -0.1) is 11.3 Å². The van der Waals surface area contributed by atoms with Gasteiger partial charge in [0.15, 0.2) is 5.69 Å². The quantitative estimate of drug-likeness (QED) is 0.379. The van der Waals surface area contributed by atoms with Crippen molar-refractivity contribution in [2.45, 2.75) is 13.8 Å². The van der Waals surface area contributed by atoms with E-state index in [2.05, 4.69) is 15.7 Å². The molecule has 0 saturated carbocycles. The number of aromatic nitrogens is 2. The molecular formula is C23H19ClN4O4S. The third-order valence-electron chi connectivity index (χ3n) is 4.73. The average molecular weight is 483 g/mol. The number of fused-ring (bicyclic) bond motifs is 1. The van der Waals surface area contributed by atoms with Gasteiger partial charge in [-0.1, -0.05) is 29.3 Å². The van der Waals surface area contributed by atoms with Gasteiger partial charge < -0.3 is 10.1 Å². The van der Waals surface area contributed by atoms with Crippen molar-refractivity contribution in [2.75, 3.05) is 17.2 Å². The first-order valence-corrected chi connectivity index (χ1v) is 11.3. The van der Waals surface area contributed by atoms with E-state index in [1.165, 1.54) is 0 Å². The summed E-state index contributed by atoms with van der Waals surface area (Å²) in [5, 5.41) is 12.6. The molecule has 0 atom stereocenters. The Hall–Kier alpha value is -3.69. The van der Waals surface area contributed by atoms with Gasteiger partial charge in [-0.2, -0.15) is 9.78 Å². The molecule has 0 saturated heterocycles. The zero-order valence-electron chi connectivity index (χ0n) is 17.7. The topological polar surface area (TPSA) is 102 Å². The first kappa shape index (κ1) is 22.5. The normalized spacial score (nSPS) is 10.8. The number of esters is 1. The summed E-state index contributed by atoms with van der Waals surface area (Å²) in [6.07, 6.45) is 0. The summed E-state index contributed by atoms with van der Waals surface area (Å²) in [7, 11) is 0. The fourth-order valence-electron chi connectivity index (χ4n) is 3.15. The molecule has 0 aliphatic heterocycles. The minimum atomic E-state index is -0.654. The minimum Gasteiger partial charge on any atom is -0.461 e. The van der Waals surface area contributed by atoms with E-state index in [9.17, 15) is 14.4 Å². The maximum absolute atomic E-state index is 13.4. The highest BCUT2D eigenvalue weighted by Gasteiger charge is 2.23. The molecule has 0 unspecified atom stereocenters. The van der Waals surface area contributed by atoms with Crippen molar-refractivity contribution in [3.63, 3.8) is 0 Å². The predicted molar refractivity (Wildman–Crippen MR) is 130 cm³/mol. The van der Waals surface area contributed by atoms with Crippen LogP contribution in [0.25, 0.3) is 16.5 Å². The van der Waals surface area contributed by atoms with Crippen LogP contribution in [0.1, 0.15) is 23.0 Å². The number of carbonyl (C=O) groups is 2. The number of ether oxygens (including phenoxy) is 1. The lowest BCUT2D eigenvalue weighted by Gasteiger charge is -2.10. The molecule has 4 aromatic rings. The third-order valence-corrected chi connectivity index (χ3v) is 5.88. The van der Waals surface area contributed by atoms with Crippen molar-refractivity contribution < 1.29 is 14.3 Å². The van der Waals surface area contributed by atoms with E-state index in [0.717, 1.165) is 21.6 Å². The van der Waals surface area contributed by atoms with Crippen molar-refractivity contribution in [2.24, 2.45) is 0 Å². The number of hydrogen-bond acceptors (Lipinski definition) is 6. The largest absolute Gasteiger partial charge is 0.461 e. The smallest absolute Gasteiger partial charge is 0.359 e. The van der Waals surface area contributed by atoms with Gasteiger partial charge in [0, 0.05) is 21.5 Å². The number of nitrogens with one attached hydrogen (secondary N) is 2. The number of aryl methyl sites for hydroxylation is 1. The lowest BCUT2D eigenvalue weighted by atomic mass is 10.2. The summed E-state index contributed by atoms with van der Waals surface area (Å²) < 4.78 is 6.28. The molecule has 10 heteroatoms. The summed E-state index contributed by atoms with van der Waals surface area (Å²) in [4.78, 5) is 38.5. The zero-order chi connectivity index (χ0) is 23.5. The van der Waals surface area contributed by atoms with Gasteiger partial charge in [0.25, 0.3) is 5.56 Å². The Labute approximate surface area is 197 Å². The summed E-state index contributed by atoms with van der Waals surface area (Å²) in [6.45, 7) is 3.77. The van der Waals surface area contributed by atoms with Gasteiger partial charge in [0.2, 0.25) is 0 Å². The molecule has 0 aliphatic carbocycles. The van der Waals surface area contributed by atoms with Gasteiger partial charge in [-0.25, -0.2) is 9.59 Å². The highest BCUT2D eigenvalue weighted by molar-refractivity contribution is 7.16. The van der Waals surface area contributed by atoms with E-state index in [1.807, 2.05) is 19.1 Å². The SMILES string of the molecule is CCOC(=O)c1nn(-c2ccc(C)cc2)c(=O)c2c(NC(=O)Nc3ccc(Cl)cc3)scc12. The van der Waals surface area contributed by atoms with Crippen LogP contribution >= 0.6 is 22.9 Å². The molecule has 0 fully saturated rings. The Morgan fingerprint density at radius 3 is 2.45 bits per heavy atom. The monoisotopic (exact) mass is 482 g/mol. The fourth-order valence-corrected chi connectivity index (χ4v) is 4.21. The Bertz CT molecular complexity index is 1400. The Kier molecular flexibility index (Phi) is 6.43. The molecule has 0 aliphatic rings. The van der Waals surface area contributed by atoms with E-state index >= 15 is 0 Å². The number of hydrogen-bond donors (Lipinski definition) is 2. The average Bonchev–Trinajstić information content (AvgIpc) is 3.20. The lowest BCUT2D eigenvalue weighted by molar-refractivity contribution is 0.0520. The number of nitrogens with zero attached hydrogens (tertiary/aromatic N) is 2. The Morgan fingerprint density at radius 1 is 1.09 bits per heavy atom. The number of thiophene rings is 1. The number of halogens is 1. The number of benzene rings is 2. The van der Waals surface area contributed by atoms with Gasteiger partial charge >= 0.3 is 12.0 Å². The van der Waals surface area contributed by atoms with E-state index < -0.39 is 17.6 Å². The molecule has 0 radical (unpaired) electrons. The van der Waals surface area contributed by atoms with Crippen LogP contribution in [-0.4, -0.2) is 28.4 Å². The van der Waals surface area contributed by atoms with Crippen LogP contribution in [0.5, 0.6) is 0 Å². The summed E-state index contributed by atoms with van der Waals surface area (Å²) in [6, 6.07) is 13.2. The zero-order valence-corrected chi connectivity index (χ0v) is 19.3. The number of urea groups is 1. The highest BCUT2D eigenvalue weighted by atomic mass is 35.5. The second-order valence-corrected chi connectivity index (χ2v) is 8.38. The van der Waals surface area contributed by atoms with Crippen LogP contribution in [0.2, 0.25) is 5.02 Å². The van der Waals surface area contributed by atoms with Gasteiger partial charge in [-0.05, 0) is 50.2 Å². The van der Waals surface area contributed by atoms with E-state index in [0.29, 0.717) is 21.8 Å². The molecule has 2 amide bonds. The van der Waals surface area contributed by atoms with Crippen LogP contribution in [0.3, 0.4) is 0 Å². The van der Waals surface area contributed by atoms with Gasteiger partial charge in [0.05, 0.1) is 17.7 Å². The van der Waals surface area contributed by atoms with E-state index in [4.69, 9.17) is 16.3 Å². The Morgan fingerprint density at radius 2 is 1.79 bits per heavy atom. The second-order valence-electron chi connectivity index (χ2n) is 7.06. The number of amides is 2. The third kappa shape index (κ3) is 4.74. The molecule has 2 heterocycles. The first-order chi connectivity index (χ1) is 15.9. The highest BCUT2D eigenvalue weighted by Crippen LogP contribution is 2.31. The molecule has 33 heavy (non-hydrogen) atoms. The molecular weight excluding hydrogens is 464 g/mol. The molecule has 4 rings (SSSR count). The lowest BCUT2D eigenvalue weighted by Crippen LogP contribution is -2.26. The minimum absolute atomic E-state index is 0.00515. The fraction of sp³-hybridized carbons (Fsp3) is 0.130. The number of rotatable bonds is 5. The second kappa shape index (κ2) is 9.43. The van der Waals surface area contributed by atoms with E-state index in [1.54, 1.807) is 48.7 Å². The van der Waals surface area contributed by atoms with Crippen molar-refractivity contribution >= 4 is 56.4 Å². The van der Waals surface area contributed by atoms with Crippen molar-refractivity contribution in [1.29, 1.82) is 0 Å². The molecule has 8 nitrogen and oxygen atoms in total. The van der Waals surface area contributed by atoms with Crippen molar-refractivity contribution in [1.82, 2.24) is 9.78 Å². The maximum atomic E-state index is 13.4. The summed E-state index contributed by atoms with van der Waals surface area (Å²) in [5.41, 5.74) is 1.55. The molecule has 2 N–H and O–H groups in total. The van der Waals surface area contributed by atoms with Crippen LogP contribution < -0.4 is 16.2 Å². The van der Waals surface area contributed by atoms with Crippen LogP contribution in [-0.2, 0) is 4.74 Å². The van der Waals surface area contributed by atoms with Crippen molar-refractivity contribution in [3.8, 4) is 5.69 Å². The predicted octanol–water partition coefficient (Wildman–Crippen LogP) is 5.23. The molecule has 0 bridgehead atoms. The number of carbonyl (C=O) groups excluding carboxylic acids is 2. The van der Waals surface area contributed by atoms with Crippen LogP contribution in [0.15, 0.2) is 58.7 Å².